The fourth-order valence-corrected chi connectivity index (χ4v) is 7.48. The van der Waals surface area contributed by atoms with Gasteiger partial charge in [-0.05, 0) is 62.0 Å². The van der Waals surface area contributed by atoms with Crippen molar-refractivity contribution in [1.82, 2.24) is 0 Å². The molecule has 1 aliphatic carbocycles. The molecule has 222 valence electrons. The van der Waals surface area contributed by atoms with Crippen LogP contribution in [0.2, 0.25) is 0 Å². The molecule has 0 aromatic heterocycles. The topological polar surface area (TPSA) is 94.5 Å². The van der Waals surface area contributed by atoms with Crippen LogP contribution in [0.1, 0.15) is 80.1 Å². The Morgan fingerprint density at radius 3 is 2.65 bits per heavy atom. The molecule has 0 radical (unpaired) electrons. The zero-order valence-corrected chi connectivity index (χ0v) is 25.0. The smallest absolute Gasteiger partial charge is 0.316 e. The lowest BCUT2D eigenvalue weighted by atomic mass is 9.71. The van der Waals surface area contributed by atoms with E-state index in [0.29, 0.717) is 35.8 Å². The van der Waals surface area contributed by atoms with Crippen LogP contribution in [0.15, 0.2) is 47.1 Å². The van der Waals surface area contributed by atoms with E-state index in [9.17, 15) is 15.0 Å². The first-order valence-electron chi connectivity index (χ1n) is 15.2. The lowest BCUT2D eigenvalue weighted by Gasteiger charge is -2.50. The number of aliphatic hydroxyl groups is 2. The fourth-order valence-electron chi connectivity index (χ4n) is 7.48. The van der Waals surface area contributed by atoms with Gasteiger partial charge in [0.05, 0.1) is 18.8 Å². The van der Waals surface area contributed by atoms with E-state index in [1.165, 1.54) is 5.57 Å². The number of hydrogen-bond donors (Lipinski definition) is 2. The van der Waals surface area contributed by atoms with Gasteiger partial charge in [0.1, 0.15) is 29.8 Å². The number of aliphatic hydroxyl groups excluding tert-OH is 1. The largest absolute Gasteiger partial charge is 0.462 e. The van der Waals surface area contributed by atoms with Crippen LogP contribution < -0.4 is 0 Å². The summed E-state index contributed by atoms with van der Waals surface area (Å²) in [6.07, 6.45) is 11.8. The van der Waals surface area contributed by atoms with E-state index in [2.05, 4.69) is 46.8 Å². The highest BCUT2D eigenvalue weighted by molar-refractivity contribution is 5.78. The van der Waals surface area contributed by atoms with Gasteiger partial charge in [-0.3, -0.25) is 4.79 Å². The maximum atomic E-state index is 13.9. The minimum absolute atomic E-state index is 0.0712. The zero-order chi connectivity index (χ0) is 28.8. The summed E-state index contributed by atoms with van der Waals surface area (Å²) < 4.78 is 25.6. The van der Waals surface area contributed by atoms with Crippen LogP contribution in [0, 0.1) is 23.7 Å². The highest BCUT2D eigenvalue weighted by Gasteiger charge is 2.60. The molecule has 0 aromatic rings. The van der Waals surface area contributed by atoms with Crippen LogP contribution in [0.4, 0.5) is 0 Å². The van der Waals surface area contributed by atoms with Crippen LogP contribution in [0.25, 0.3) is 0 Å². The van der Waals surface area contributed by atoms with Gasteiger partial charge < -0.3 is 29.2 Å². The summed E-state index contributed by atoms with van der Waals surface area (Å²) in [6.45, 7) is 12.8. The molecule has 5 rings (SSSR count). The highest BCUT2D eigenvalue weighted by Crippen LogP contribution is 2.47. The zero-order valence-electron chi connectivity index (χ0n) is 25.0. The second kappa shape index (κ2) is 11.5. The number of carbonyl (C=O) groups excluding carboxylic acids is 1. The number of rotatable bonds is 1. The minimum Gasteiger partial charge on any atom is -0.462 e. The van der Waals surface area contributed by atoms with Crippen molar-refractivity contribution in [3.63, 3.8) is 0 Å². The van der Waals surface area contributed by atoms with Gasteiger partial charge in [0.25, 0.3) is 0 Å². The molecule has 3 fully saturated rings. The molecular weight excluding hydrogens is 508 g/mol. The molecule has 10 atom stereocenters. The van der Waals surface area contributed by atoms with Gasteiger partial charge in [0, 0.05) is 19.3 Å². The molecule has 0 aromatic carbocycles. The molecule has 4 heterocycles. The third kappa shape index (κ3) is 5.65. The molecule has 4 aliphatic heterocycles. The molecule has 5 aliphatic rings. The van der Waals surface area contributed by atoms with Crippen LogP contribution >= 0.6 is 0 Å². The molecule has 2 bridgehead atoms. The maximum absolute atomic E-state index is 13.9. The van der Waals surface area contributed by atoms with E-state index in [-0.39, 0.29) is 24.7 Å². The standard InChI is InChI=1S/C33H48O7/c1-19(2)29-22(5)12-13-32(40-29)17-26-16-25(39-32)11-10-21(4)14-20(3)8-7-9-24-18-37-30-28(34)23(6)15-27(31(35)38-26)33(24,30)36/h7-10,15,19-20,22,25-30,34,36H,11-14,16-18H2,1-6H3/b8-7+,21-10+,24-9?/t20-,22-,25+,26-,27-,28+,29+,30+,32+,33+/m0/s1. The van der Waals surface area contributed by atoms with Crippen molar-refractivity contribution in [2.75, 3.05) is 6.61 Å². The Hall–Kier alpha value is -1.77. The van der Waals surface area contributed by atoms with Crippen molar-refractivity contribution < 1.29 is 34.0 Å². The summed E-state index contributed by atoms with van der Waals surface area (Å²) in [7, 11) is 0. The average Bonchev–Trinajstić information content (AvgIpc) is 3.23. The second-order valence-electron chi connectivity index (χ2n) is 13.4. The third-order valence-corrected chi connectivity index (χ3v) is 9.67. The van der Waals surface area contributed by atoms with Crippen LogP contribution in [0.5, 0.6) is 0 Å². The number of fused-ring (bicyclic) bond motifs is 2. The monoisotopic (exact) mass is 556 g/mol. The molecule has 7 nitrogen and oxygen atoms in total. The van der Waals surface area contributed by atoms with Crippen molar-refractivity contribution in [2.45, 2.75) is 122 Å². The Labute approximate surface area is 239 Å². The van der Waals surface area contributed by atoms with Crippen molar-refractivity contribution in [1.29, 1.82) is 0 Å². The van der Waals surface area contributed by atoms with E-state index in [4.69, 9.17) is 18.9 Å². The second-order valence-corrected chi connectivity index (χ2v) is 13.4. The summed E-state index contributed by atoms with van der Waals surface area (Å²) in [4.78, 5) is 13.9. The molecule has 7 heteroatoms. The van der Waals surface area contributed by atoms with Crippen molar-refractivity contribution in [3.8, 4) is 0 Å². The van der Waals surface area contributed by atoms with Gasteiger partial charge >= 0.3 is 5.97 Å². The predicted octanol–water partition coefficient (Wildman–Crippen LogP) is 5.17. The van der Waals surface area contributed by atoms with Gasteiger partial charge in [0.15, 0.2) is 5.79 Å². The summed E-state index contributed by atoms with van der Waals surface area (Å²) in [5.74, 6) is -1.22. The number of ether oxygens (including phenoxy) is 4. The number of carbonyl (C=O) groups is 1. The minimum atomic E-state index is -1.68. The van der Waals surface area contributed by atoms with E-state index >= 15 is 0 Å². The quantitative estimate of drug-likeness (QED) is 0.340. The first kappa shape index (κ1) is 29.7. The van der Waals surface area contributed by atoms with Crippen LogP contribution in [-0.2, 0) is 23.7 Å². The summed E-state index contributed by atoms with van der Waals surface area (Å²) >= 11 is 0. The molecule has 0 amide bonds. The molecule has 40 heavy (non-hydrogen) atoms. The lowest BCUT2D eigenvalue weighted by molar-refractivity contribution is -0.340. The first-order chi connectivity index (χ1) is 18.9. The number of allylic oxidation sites excluding steroid dienone is 4. The maximum Gasteiger partial charge on any atom is 0.316 e. The van der Waals surface area contributed by atoms with Crippen LogP contribution in [0.3, 0.4) is 0 Å². The Balaban J connectivity index is 1.51. The van der Waals surface area contributed by atoms with Gasteiger partial charge in [-0.25, -0.2) is 0 Å². The van der Waals surface area contributed by atoms with Crippen LogP contribution in [-0.4, -0.2) is 64.7 Å². The molecule has 0 saturated carbocycles. The van der Waals surface area contributed by atoms with Crippen molar-refractivity contribution in [3.05, 3.63) is 47.1 Å². The van der Waals surface area contributed by atoms with E-state index in [0.717, 1.165) is 25.7 Å². The third-order valence-electron chi connectivity index (χ3n) is 9.67. The molecule has 0 unspecified atom stereocenters. The van der Waals surface area contributed by atoms with E-state index in [1.54, 1.807) is 13.0 Å². The fraction of sp³-hybridized carbons (Fsp3) is 0.727. The average molecular weight is 557 g/mol. The Bertz CT molecular complexity index is 1090. The lowest BCUT2D eigenvalue weighted by Crippen LogP contribution is -2.58. The first-order valence-corrected chi connectivity index (χ1v) is 15.2. The van der Waals surface area contributed by atoms with Gasteiger partial charge in [-0.15, -0.1) is 0 Å². The summed E-state index contributed by atoms with van der Waals surface area (Å²) in [5.41, 5.74) is 0.780. The molecular formula is C33H48O7. The summed E-state index contributed by atoms with van der Waals surface area (Å²) in [6, 6.07) is 0. The Kier molecular flexibility index (Phi) is 8.53. The Morgan fingerprint density at radius 1 is 1.12 bits per heavy atom. The predicted molar refractivity (Wildman–Crippen MR) is 152 cm³/mol. The van der Waals surface area contributed by atoms with E-state index in [1.807, 2.05) is 12.2 Å². The SMILES string of the molecule is CC1=C[C@H]2C(=O)O[C@H]3C[C@@H](C/C=C(\C)C[C@@H](C)/C=C/C=C4CO[C@H]([C@@H]1O)[C@@]42O)O[C@@]1(CC[C@H](C)[C@@H](C(C)C)O1)C3. The van der Waals surface area contributed by atoms with Gasteiger partial charge in [0.2, 0.25) is 0 Å². The number of esters is 1. The van der Waals surface area contributed by atoms with E-state index < -0.39 is 41.6 Å². The summed E-state index contributed by atoms with van der Waals surface area (Å²) in [5, 5.41) is 22.9. The van der Waals surface area contributed by atoms with Crippen molar-refractivity contribution >= 4 is 5.97 Å². The highest BCUT2D eigenvalue weighted by atomic mass is 16.7. The molecule has 2 N–H and O–H groups in total. The van der Waals surface area contributed by atoms with Gasteiger partial charge in [-0.2, -0.15) is 0 Å². The van der Waals surface area contributed by atoms with Gasteiger partial charge in [-0.1, -0.05) is 63.6 Å². The number of hydrogen-bond acceptors (Lipinski definition) is 7. The normalized spacial score (nSPS) is 46.6. The molecule has 1 spiro atoms. The Morgan fingerprint density at radius 2 is 1.90 bits per heavy atom. The van der Waals surface area contributed by atoms with Crippen molar-refractivity contribution in [2.24, 2.45) is 23.7 Å². The molecule has 3 saturated heterocycles.